The van der Waals surface area contributed by atoms with Gasteiger partial charge >= 0.3 is 0 Å². The maximum Gasteiger partial charge on any atom is 0.194 e. The van der Waals surface area contributed by atoms with E-state index in [2.05, 4.69) is 15.3 Å². The molecule has 5 nitrogen and oxygen atoms in total. The largest absolute Gasteiger partial charge is 0.486 e. The van der Waals surface area contributed by atoms with Crippen LogP contribution < -0.4 is 15.8 Å². The first-order valence-electron chi connectivity index (χ1n) is 6.97. The fourth-order valence-electron chi connectivity index (χ4n) is 1.82. The summed E-state index contributed by atoms with van der Waals surface area (Å²) in [5.41, 5.74) is 4.98. The quantitative estimate of drug-likeness (QED) is 0.656. The Bertz CT molecular complexity index is 669. The molecule has 1 heterocycles. The molecule has 0 atom stereocenters. The molecule has 7 heteroatoms. The molecule has 3 N–H and O–H groups in total. The van der Waals surface area contributed by atoms with Crippen molar-refractivity contribution in [1.29, 1.82) is 0 Å². The third-order valence-corrected chi connectivity index (χ3v) is 2.78. The molecule has 0 aliphatic carbocycles. The van der Waals surface area contributed by atoms with Crippen LogP contribution in [0.15, 0.2) is 47.6 Å². The Morgan fingerprint density at radius 2 is 1.96 bits per heavy atom. The summed E-state index contributed by atoms with van der Waals surface area (Å²) in [4.78, 5) is 8.23. The zero-order valence-corrected chi connectivity index (χ0v) is 12.9. The zero-order valence-electron chi connectivity index (χ0n) is 12.9. The van der Waals surface area contributed by atoms with Gasteiger partial charge in [-0.05, 0) is 26.0 Å². The van der Waals surface area contributed by atoms with E-state index in [1.54, 1.807) is 32.2 Å². The number of guanidine groups is 1. The van der Waals surface area contributed by atoms with Crippen molar-refractivity contribution in [2.24, 2.45) is 10.7 Å². The molecule has 0 radical (unpaired) electrons. The van der Waals surface area contributed by atoms with Crippen molar-refractivity contribution < 1.29 is 13.5 Å². The molecule has 0 aliphatic heterocycles. The Balaban J connectivity index is 1.98. The number of hydrogen-bond acceptors (Lipinski definition) is 3. The summed E-state index contributed by atoms with van der Waals surface area (Å²) < 4.78 is 31.9. The van der Waals surface area contributed by atoms with Gasteiger partial charge in [-0.1, -0.05) is 6.07 Å². The minimum Gasteiger partial charge on any atom is -0.486 e. The molecule has 1 aromatic carbocycles. The van der Waals surface area contributed by atoms with Gasteiger partial charge in [0, 0.05) is 24.4 Å². The monoisotopic (exact) mass is 320 g/mol. The van der Waals surface area contributed by atoms with Crippen molar-refractivity contribution in [3.05, 3.63) is 54.2 Å². The standard InChI is InChI=1S/C16H18F2N4O/c1-16(2,23-13-8-11(17)7-12(18)9-13)10-21-15(19)22-14-5-3-4-6-20-14/h3-9H,10H2,1-2H3,(H3,19,20,21,22). The lowest BCUT2D eigenvalue weighted by Gasteiger charge is -2.25. The molecule has 0 saturated carbocycles. The van der Waals surface area contributed by atoms with Crippen LogP contribution in [0.5, 0.6) is 5.75 Å². The summed E-state index contributed by atoms with van der Waals surface area (Å²) >= 11 is 0. The summed E-state index contributed by atoms with van der Waals surface area (Å²) in [6.07, 6.45) is 1.63. The van der Waals surface area contributed by atoms with Gasteiger partial charge in [0.15, 0.2) is 5.96 Å². The second-order valence-electron chi connectivity index (χ2n) is 5.51. The maximum absolute atomic E-state index is 13.2. The van der Waals surface area contributed by atoms with E-state index < -0.39 is 17.2 Å². The van der Waals surface area contributed by atoms with E-state index in [0.717, 1.165) is 18.2 Å². The van der Waals surface area contributed by atoms with Crippen LogP contribution in [0, 0.1) is 11.6 Å². The van der Waals surface area contributed by atoms with Gasteiger partial charge in [0.1, 0.15) is 28.8 Å². The van der Waals surface area contributed by atoms with E-state index in [-0.39, 0.29) is 18.3 Å². The van der Waals surface area contributed by atoms with Crippen LogP contribution in [0.3, 0.4) is 0 Å². The molecule has 122 valence electrons. The number of nitrogens with one attached hydrogen (secondary N) is 1. The Kier molecular flexibility index (Phi) is 5.10. The Morgan fingerprint density at radius 1 is 1.26 bits per heavy atom. The van der Waals surface area contributed by atoms with Gasteiger partial charge in [-0.15, -0.1) is 0 Å². The lowest BCUT2D eigenvalue weighted by Crippen LogP contribution is -2.34. The number of ether oxygens (including phenoxy) is 1. The Hall–Kier alpha value is -2.70. The average Bonchev–Trinajstić information content (AvgIpc) is 2.45. The van der Waals surface area contributed by atoms with Crippen LogP contribution in [0.4, 0.5) is 14.6 Å². The smallest absolute Gasteiger partial charge is 0.194 e. The molecular formula is C16H18F2N4O. The van der Waals surface area contributed by atoms with Crippen molar-refractivity contribution in [3.8, 4) is 5.75 Å². The van der Waals surface area contributed by atoms with Crippen LogP contribution in [0.1, 0.15) is 13.8 Å². The second-order valence-corrected chi connectivity index (χ2v) is 5.51. The number of hydrogen-bond donors (Lipinski definition) is 2. The highest BCUT2D eigenvalue weighted by atomic mass is 19.1. The van der Waals surface area contributed by atoms with Crippen LogP contribution in [0.25, 0.3) is 0 Å². The van der Waals surface area contributed by atoms with E-state index in [4.69, 9.17) is 10.5 Å². The molecule has 0 amide bonds. The number of pyridine rings is 1. The fourth-order valence-corrected chi connectivity index (χ4v) is 1.82. The summed E-state index contributed by atoms with van der Waals surface area (Å²) in [5, 5.41) is 2.84. The second kappa shape index (κ2) is 7.04. The summed E-state index contributed by atoms with van der Waals surface area (Å²) in [5.74, 6) is -0.560. The molecule has 0 spiro atoms. The van der Waals surface area contributed by atoms with E-state index in [0.29, 0.717) is 5.82 Å². The fraction of sp³-hybridized carbons (Fsp3) is 0.250. The van der Waals surface area contributed by atoms with Gasteiger partial charge in [0.05, 0.1) is 6.54 Å². The predicted octanol–water partition coefficient (Wildman–Crippen LogP) is 2.94. The van der Waals surface area contributed by atoms with Gasteiger partial charge in [-0.25, -0.2) is 18.8 Å². The number of halogens is 2. The number of nitrogens with two attached hydrogens (primary N) is 1. The van der Waals surface area contributed by atoms with Crippen LogP contribution in [0.2, 0.25) is 0 Å². The number of benzene rings is 1. The molecular weight excluding hydrogens is 302 g/mol. The van der Waals surface area contributed by atoms with Gasteiger partial charge in [-0.2, -0.15) is 0 Å². The third-order valence-electron chi connectivity index (χ3n) is 2.78. The minimum atomic E-state index is -0.795. The highest BCUT2D eigenvalue weighted by molar-refractivity contribution is 5.91. The van der Waals surface area contributed by atoms with Crippen LogP contribution in [-0.4, -0.2) is 23.1 Å². The first kappa shape index (κ1) is 16.7. The SMILES string of the molecule is CC(C)(CN=C(N)Nc1ccccn1)Oc1cc(F)cc(F)c1. The van der Waals surface area contributed by atoms with E-state index in [1.165, 1.54) is 0 Å². The van der Waals surface area contributed by atoms with E-state index >= 15 is 0 Å². The molecule has 2 rings (SSSR count). The third kappa shape index (κ3) is 5.54. The highest BCUT2D eigenvalue weighted by Gasteiger charge is 2.20. The van der Waals surface area contributed by atoms with Crippen molar-refractivity contribution >= 4 is 11.8 Å². The summed E-state index contributed by atoms with van der Waals surface area (Å²) in [6.45, 7) is 3.68. The number of aromatic nitrogens is 1. The first-order valence-corrected chi connectivity index (χ1v) is 6.97. The Morgan fingerprint density at radius 3 is 2.57 bits per heavy atom. The van der Waals surface area contributed by atoms with Crippen molar-refractivity contribution in [2.45, 2.75) is 19.4 Å². The van der Waals surface area contributed by atoms with Gasteiger partial charge in [-0.3, -0.25) is 0 Å². The topological polar surface area (TPSA) is 72.5 Å². The number of anilines is 1. The van der Waals surface area contributed by atoms with E-state index in [1.807, 2.05) is 6.07 Å². The predicted molar refractivity (Wildman–Crippen MR) is 85.4 cm³/mol. The van der Waals surface area contributed by atoms with Crippen molar-refractivity contribution in [2.75, 3.05) is 11.9 Å². The summed E-state index contributed by atoms with van der Waals surface area (Å²) in [7, 11) is 0. The molecule has 0 aliphatic rings. The van der Waals surface area contributed by atoms with Crippen LogP contribution >= 0.6 is 0 Å². The maximum atomic E-state index is 13.2. The van der Waals surface area contributed by atoms with Crippen molar-refractivity contribution in [1.82, 2.24) is 4.98 Å². The minimum absolute atomic E-state index is 0.0963. The van der Waals surface area contributed by atoms with Crippen LogP contribution in [-0.2, 0) is 0 Å². The zero-order chi connectivity index (χ0) is 16.9. The highest BCUT2D eigenvalue weighted by Crippen LogP contribution is 2.21. The van der Waals surface area contributed by atoms with Gasteiger partial charge in [0.25, 0.3) is 0 Å². The molecule has 0 unspecified atom stereocenters. The molecule has 0 fully saturated rings. The number of rotatable bonds is 5. The average molecular weight is 320 g/mol. The van der Waals surface area contributed by atoms with Gasteiger partial charge < -0.3 is 15.8 Å². The normalized spacial score (nSPS) is 12.1. The van der Waals surface area contributed by atoms with Gasteiger partial charge in [0.2, 0.25) is 0 Å². The molecule has 23 heavy (non-hydrogen) atoms. The molecule has 1 aromatic heterocycles. The lowest BCUT2D eigenvalue weighted by molar-refractivity contribution is 0.118. The Labute approximate surface area is 133 Å². The first-order chi connectivity index (χ1) is 10.8. The van der Waals surface area contributed by atoms with E-state index in [9.17, 15) is 8.78 Å². The molecule has 0 saturated heterocycles. The molecule has 0 bridgehead atoms. The number of nitrogens with zero attached hydrogens (tertiary/aromatic N) is 2. The van der Waals surface area contributed by atoms with Crippen molar-refractivity contribution in [3.63, 3.8) is 0 Å². The summed E-state index contributed by atoms with van der Waals surface area (Å²) in [6, 6.07) is 8.36. The lowest BCUT2D eigenvalue weighted by atomic mass is 10.1. The number of aliphatic imine (C=N–C) groups is 1. The molecule has 2 aromatic rings.